The highest BCUT2D eigenvalue weighted by molar-refractivity contribution is 6.33. The highest BCUT2D eigenvalue weighted by Crippen LogP contribution is 2.41. The average molecular weight is 887 g/mol. The first kappa shape index (κ1) is 42.1. The summed E-state index contributed by atoms with van der Waals surface area (Å²) in [4.78, 5) is 18.0. The standard InChI is InChI=1S/C48H26F12N4/c49-45(50,51)29-9-1-25(2-10-29)41-33-17-19-35(61-33)42(26-3-11-30(12-4-26)46(52,53)54)37-21-23-39(63-37)44(28-7-15-32(16-8-28)48(58,59)60)40-24-22-38(64-40)43(36-20-18-34(41)62-36)27-5-13-31(14-6-27)47(55,56)57/h1-23,61H,24H2. The Kier molecular flexibility index (Phi) is 10.0. The van der Waals surface area contributed by atoms with E-state index in [1.807, 2.05) is 0 Å². The lowest BCUT2D eigenvalue weighted by atomic mass is 9.96. The van der Waals surface area contributed by atoms with E-state index in [0.717, 1.165) is 48.5 Å². The summed E-state index contributed by atoms with van der Waals surface area (Å²) in [6, 6.07) is 20.4. The zero-order valence-corrected chi connectivity index (χ0v) is 32.4. The topological polar surface area (TPSA) is 52.9 Å². The van der Waals surface area contributed by atoms with Crippen molar-refractivity contribution in [2.45, 2.75) is 31.1 Å². The van der Waals surface area contributed by atoms with E-state index < -0.39 is 47.0 Å². The molecule has 0 saturated carbocycles. The first-order valence-corrected chi connectivity index (χ1v) is 19.2. The van der Waals surface area contributed by atoms with Crippen LogP contribution in [0.25, 0.3) is 22.3 Å². The van der Waals surface area contributed by atoms with Gasteiger partial charge in [0, 0.05) is 39.4 Å². The molecule has 0 saturated heterocycles. The van der Waals surface area contributed by atoms with Gasteiger partial charge in [0.25, 0.3) is 0 Å². The van der Waals surface area contributed by atoms with Crippen LogP contribution in [0.4, 0.5) is 52.7 Å². The summed E-state index contributed by atoms with van der Waals surface area (Å²) in [6.07, 6.45) is -10.6. The van der Waals surface area contributed by atoms with Gasteiger partial charge in [-0.1, -0.05) is 54.6 Å². The van der Waals surface area contributed by atoms with Crippen LogP contribution < -0.4 is 10.7 Å². The maximum absolute atomic E-state index is 13.7. The van der Waals surface area contributed by atoms with E-state index in [4.69, 9.17) is 15.0 Å². The van der Waals surface area contributed by atoms with Crippen LogP contribution in [-0.4, -0.2) is 22.1 Å². The van der Waals surface area contributed by atoms with Crippen LogP contribution in [0.3, 0.4) is 0 Å². The molecule has 4 aromatic carbocycles. The van der Waals surface area contributed by atoms with Crippen LogP contribution in [0, 0.1) is 0 Å². The fraction of sp³-hybridized carbons (Fsp3) is 0.104. The van der Waals surface area contributed by atoms with Crippen molar-refractivity contribution in [1.82, 2.24) is 4.98 Å². The Balaban J connectivity index is 1.36. The number of rotatable bonds is 4. The normalized spacial score (nSPS) is 16.8. The summed E-state index contributed by atoms with van der Waals surface area (Å²) >= 11 is 0. The molecule has 16 heteroatoms. The molecule has 4 aliphatic heterocycles. The van der Waals surface area contributed by atoms with Gasteiger partial charge in [-0.25, -0.2) is 9.98 Å². The number of H-pyrrole nitrogens is 1. The average Bonchev–Trinajstić information content (AvgIpc) is 4.08. The molecule has 64 heavy (non-hydrogen) atoms. The highest BCUT2D eigenvalue weighted by atomic mass is 19.4. The summed E-state index contributed by atoms with van der Waals surface area (Å²) in [5.74, 6) is 0. The minimum Gasteiger partial charge on any atom is -0.354 e. The molecule has 4 aliphatic rings. The first-order valence-electron chi connectivity index (χ1n) is 19.2. The molecule has 5 aromatic rings. The van der Waals surface area contributed by atoms with Gasteiger partial charge in [0.1, 0.15) is 0 Å². The molecule has 0 radical (unpaired) electrons. The second-order valence-electron chi connectivity index (χ2n) is 14.9. The van der Waals surface area contributed by atoms with Crippen molar-refractivity contribution in [3.8, 4) is 0 Å². The second-order valence-corrected chi connectivity index (χ2v) is 14.9. The number of hydrogen-bond acceptors (Lipinski definition) is 3. The molecule has 0 unspecified atom stereocenters. The smallest absolute Gasteiger partial charge is 0.354 e. The van der Waals surface area contributed by atoms with Gasteiger partial charge in [-0.3, -0.25) is 4.99 Å². The van der Waals surface area contributed by atoms with Crippen LogP contribution >= 0.6 is 0 Å². The third-order valence-electron chi connectivity index (χ3n) is 10.8. The van der Waals surface area contributed by atoms with Crippen molar-refractivity contribution in [2.75, 3.05) is 0 Å². The van der Waals surface area contributed by atoms with Crippen LogP contribution in [0.1, 0.15) is 50.9 Å². The fourth-order valence-corrected chi connectivity index (χ4v) is 7.79. The zero-order valence-electron chi connectivity index (χ0n) is 32.4. The number of hydrogen-bond donors (Lipinski definition) is 1. The number of nitrogens with zero attached hydrogens (tertiary/aromatic N) is 3. The van der Waals surface area contributed by atoms with Crippen LogP contribution in [-0.2, 0) is 24.7 Å². The molecule has 1 aromatic heterocycles. The van der Waals surface area contributed by atoms with Crippen molar-refractivity contribution >= 4 is 39.4 Å². The van der Waals surface area contributed by atoms with Crippen LogP contribution in [0.5, 0.6) is 0 Å². The number of allylic oxidation sites excluding steroid dienone is 7. The molecule has 4 nitrogen and oxygen atoms in total. The summed E-state index contributed by atoms with van der Waals surface area (Å²) in [5, 5.41) is 0.633. The van der Waals surface area contributed by atoms with Gasteiger partial charge in [0.15, 0.2) is 0 Å². The zero-order chi connectivity index (χ0) is 45.3. The van der Waals surface area contributed by atoms with Gasteiger partial charge in [-0.2, -0.15) is 52.7 Å². The Morgan fingerprint density at radius 1 is 0.359 bits per heavy atom. The maximum atomic E-state index is 13.7. The summed E-state index contributed by atoms with van der Waals surface area (Å²) in [7, 11) is 0. The number of nitrogens with one attached hydrogen (secondary N) is 1. The quantitative estimate of drug-likeness (QED) is 0.175. The number of halogens is 12. The van der Waals surface area contributed by atoms with Gasteiger partial charge in [-0.15, -0.1) is 0 Å². The molecular formula is C48H26F12N4. The van der Waals surface area contributed by atoms with Gasteiger partial charge < -0.3 is 4.98 Å². The Morgan fingerprint density at radius 2 is 0.688 bits per heavy atom. The van der Waals surface area contributed by atoms with E-state index >= 15 is 0 Å². The largest absolute Gasteiger partial charge is 0.416 e. The second kappa shape index (κ2) is 15.2. The maximum Gasteiger partial charge on any atom is 0.416 e. The van der Waals surface area contributed by atoms with E-state index in [9.17, 15) is 52.7 Å². The summed E-state index contributed by atoms with van der Waals surface area (Å²) in [6.45, 7) is 0. The van der Waals surface area contributed by atoms with E-state index in [0.29, 0.717) is 33.1 Å². The van der Waals surface area contributed by atoms with E-state index in [-0.39, 0.29) is 62.8 Å². The number of benzene rings is 4. The molecule has 8 bridgehead atoms. The fourth-order valence-electron chi connectivity index (χ4n) is 7.79. The predicted molar refractivity (Wildman–Crippen MR) is 218 cm³/mol. The molecule has 0 amide bonds. The minimum atomic E-state index is -4.66. The van der Waals surface area contributed by atoms with Gasteiger partial charge in [0.2, 0.25) is 0 Å². The number of alkyl halides is 12. The third kappa shape index (κ3) is 7.99. The highest BCUT2D eigenvalue weighted by Gasteiger charge is 2.34. The van der Waals surface area contributed by atoms with Crippen molar-refractivity contribution in [2.24, 2.45) is 15.0 Å². The lowest BCUT2D eigenvalue weighted by Gasteiger charge is -2.14. The molecule has 0 spiro atoms. The number of fused-ring (bicyclic) bond motifs is 5. The Morgan fingerprint density at radius 3 is 1.05 bits per heavy atom. The molecule has 0 aliphatic carbocycles. The number of aromatic amines is 1. The lowest BCUT2D eigenvalue weighted by Crippen LogP contribution is -2.21. The molecule has 5 heterocycles. The lowest BCUT2D eigenvalue weighted by molar-refractivity contribution is -0.138. The van der Waals surface area contributed by atoms with Crippen molar-refractivity contribution in [3.05, 3.63) is 212 Å². The third-order valence-corrected chi connectivity index (χ3v) is 10.8. The monoisotopic (exact) mass is 886 g/mol. The van der Waals surface area contributed by atoms with Crippen LogP contribution in [0.2, 0.25) is 0 Å². The first-order chi connectivity index (χ1) is 30.2. The van der Waals surface area contributed by atoms with Crippen molar-refractivity contribution in [1.29, 1.82) is 0 Å². The number of aromatic nitrogens is 1. The number of aliphatic imine (C=N–C) groups is 3. The Hall–Kier alpha value is -7.23. The molecule has 1 N–H and O–H groups in total. The minimum absolute atomic E-state index is 0.0730. The molecular weight excluding hydrogens is 861 g/mol. The van der Waals surface area contributed by atoms with E-state index in [1.54, 1.807) is 42.5 Å². The van der Waals surface area contributed by atoms with Gasteiger partial charge in [-0.05, 0) is 107 Å². The summed E-state index contributed by atoms with van der Waals surface area (Å²) in [5.41, 5.74) is 0.0995. The van der Waals surface area contributed by atoms with Crippen LogP contribution in [0.15, 0.2) is 172 Å². The van der Waals surface area contributed by atoms with Crippen molar-refractivity contribution < 1.29 is 52.7 Å². The molecule has 0 atom stereocenters. The predicted octanol–water partition coefficient (Wildman–Crippen LogP) is 12.1. The SMILES string of the molecule is FC(F)(F)c1ccc(C2=C3C=CC(=N3)C(c3ccc(C(F)(F)F)cc3)=c3ccc([nH]3)=C(c3ccc(C(F)(F)F)cc3)C3=NC(=C(c4ccc(C(F)(F)F)cc4)C4=NC2=CC4)C=C3)cc1. The molecule has 0 fully saturated rings. The summed E-state index contributed by atoms with van der Waals surface area (Å²) < 4.78 is 165. The van der Waals surface area contributed by atoms with Gasteiger partial charge >= 0.3 is 24.7 Å². The van der Waals surface area contributed by atoms with E-state index in [1.165, 1.54) is 48.5 Å². The van der Waals surface area contributed by atoms with Crippen molar-refractivity contribution in [3.63, 3.8) is 0 Å². The molecule has 9 rings (SSSR count). The Bertz CT molecular complexity index is 3110. The van der Waals surface area contributed by atoms with E-state index in [2.05, 4.69) is 4.98 Å². The molecule has 322 valence electrons. The van der Waals surface area contributed by atoms with Gasteiger partial charge in [0.05, 0.1) is 56.5 Å². The Labute approximate surface area is 354 Å².